The summed E-state index contributed by atoms with van der Waals surface area (Å²) in [6.45, 7) is 6.24. The van der Waals surface area contributed by atoms with Gasteiger partial charge in [-0.3, -0.25) is 24.4 Å². The number of hydrogen-bond acceptors (Lipinski definition) is 4. The van der Waals surface area contributed by atoms with E-state index in [4.69, 9.17) is 0 Å². The number of amides is 3. The number of carbonyl (C=O) groups is 3. The molecule has 164 valence electrons. The van der Waals surface area contributed by atoms with Gasteiger partial charge in [-0.25, -0.2) is 4.39 Å². The molecule has 0 aliphatic carbocycles. The maximum Gasteiger partial charge on any atom is 0.278 e. The molecule has 4 rings (SSSR count). The summed E-state index contributed by atoms with van der Waals surface area (Å²) in [5.74, 6) is -1.95. The second-order valence-electron chi connectivity index (χ2n) is 7.69. The van der Waals surface area contributed by atoms with E-state index < -0.39 is 11.8 Å². The van der Waals surface area contributed by atoms with Crippen LogP contribution in [0.3, 0.4) is 0 Å². The van der Waals surface area contributed by atoms with Crippen molar-refractivity contribution < 1.29 is 18.8 Å². The predicted octanol–water partition coefficient (Wildman–Crippen LogP) is 2.60. The largest absolute Gasteiger partial charge is 0.357 e. The molecule has 1 aromatic carbocycles. The van der Waals surface area contributed by atoms with E-state index in [0.29, 0.717) is 24.3 Å². The summed E-state index contributed by atoms with van der Waals surface area (Å²) in [7, 11) is 0. The number of benzene rings is 1. The van der Waals surface area contributed by atoms with E-state index in [9.17, 15) is 18.8 Å². The lowest BCUT2D eigenvalue weighted by atomic mass is 9.95. The van der Waals surface area contributed by atoms with Gasteiger partial charge in [0.1, 0.15) is 11.5 Å². The van der Waals surface area contributed by atoms with Crippen LogP contribution in [0.2, 0.25) is 0 Å². The Bertz CT molecular complexity index is 1180. The number of nitrogens with one attached hydrogen (secondary N) is 2. The van der Waals surface area contributed by atoms with Gasteiger partial charge in [-0.1, -0.05) is 25.6 Å². The molecule has 32 heavy (non-hydrogen) atoms. The van der Waals surface area contributed by atoms with Crippen LogP contribution >= 0.6 is 0 Å². The fraction of sp³-hybridized carbons (Fsp3) is 0.217. The highest BCUT2D eigenvalue weighted by atomic mass is 19.1. The Labute approximate surface area is 183 Å². The number of halogens is 1. The minimum atomic E-state index is -0.662. The number of imide groups is 1. The summed E-state index contributed by atoms with van der Waals surface area (Å²) in [5, 5.41) is 6.72. The normalized spacial score (nSPS) is 15.2. The molecule has 0 saturated carbocycles. The molecule has 1 aliphatic heterocycles. The third-order valence-corrected chi connectivity index (χ3v) is 5.40. The number of H-pyrrole nitrogens is 1. The maximum absolute atomic E-state index is 13.3. The predicted molar refractivity (Wildman–Crippen MR) is 114 cm³/mol. The third kappa shape index (κ3) is 4.09. The van der Waals surface area contributed by atoms with Crippen molar-refractivity contribution in [1.29, 1.82) is 0 Å². The van der Waals surface area contributed by atoms with Crippen molar-refractivity contribution in [2.45, 2.75) is 25.9 Å². The number of rotatable bonds is 5. The van der Waals surface area contributed by atoms with Crippen LogP contribution in [0, 0.1) is 5.82 Å². The third-order valence-electron chi connectivity index (χ3n) is 5.40. The summed E-state index contributed by atoms with van der Waals surface area (Å²) in [6, 6.07) is 9.46. The van der Waals surface area contributed by atoms with Crippen LogP contribution < -0.4 is 5.32 Å². The molecule has 0 radical (unpaired) electrons. The standard InChI is InChI=1S/C23H22FN5O3/c1-3-19(30)26-22(31)20-17-13-28(23(32)18-5-4-10-25-18)11-14(2)21(17)29(27-20)12-15-6-8-16(24)9-7-15/h3-10,14,25H,1,11-13H2,2H3,(H,26,30,31). The van der Waals surface area contributed by atoms with Gasteiger partial charge >= 0.3 is 0 Å². The molecule has 0 bridgehead atoms. The number of nitrogens with zero attached hydrogens (tertiary/aromatic N) is 3. The molecule has 0 saturated heterocycles. The van der Waals surface area contributed by atoms with Gasteiger partial charge in [0, 0.05) is 29.9 Å². The molecule has 1 atom stereocenters. The van der Waals surface area contributed by atoms with E-state index in [1.165, 1.54) is 12.1 Å². The lowest BCUT2D eigenvalue weighted by molar-refractivity contribution is -0.115. The van der Waals surface area contributed by atoms with Gasteiger partial charge in [0.25, 0.3) is 11.8 Å². The number of hydrogen-bond donors (Lipinski definition) is 2. The SMILES string of the molecule is C=CC(=O)NC(=O)c1nn(Cc2ccc(F)cc2)c2c1CN(C(=O)c1ccc[nH]1)CC2C. The molecular weight excluding hydrogens is 413 g/mol. The lowest BCUT2D eigenvalue weighted by Crippen LogP contribution is -2.39. The summed E-state index contributed by atoms with van der Waals surface area (Å²) in [6.07, 6.45) is 2.68. The Kier molecular flexibility index (Phi) is 5.72. The van der Waals surface area contributed by atoms with E-state index in [-0.39, 0.29) is 29.9 Å². The van der Waals surface area contributed by atoms with Crippen LogP contribution in [0.25, 0.3) is 0 Å². The molecule has 2 aromatic heterocycles. The highest BCUT2D eigenvalue weighted by molar-refractivity contribution is 6.07. The van der Waals surface area contributed by atoms with Crippen molar-refractivity contribution in [2.75, 3.05) is 6.54 Å². The van der Waals surface area contributed by atoms with Crippen LogP contribution in [-0.4, -0.2) is 43.9 Å². The Morgan fingerprint density at radius 2 is 2.03 bits per heavy atom. The van der Waals surface area contributed by atoms with E-state index in [1.807, 2.05) is 6.92 Å². The van der Waals surface area contributed by atoms with Crippen molar-refractivity contribution in [3.63, 3.8) is 0 Å². The van der Waals surface area contributed by atoms with Crippen molar-refractivity contribution in [2.24, 2.45) is 0 Å². The quantitative estimate of drug-likeness (QED) is 0.602. The first-order chi connectivity index (χ1) is 15.4. The van der Waals surface area contributed by atoms with Gasteiger partial charge in [-0.2, -0.15) is 5.10 Å². The summed E-state index contributed by atoms with van der Waals surface area (Å²) >= 11 is 0. The van der Waals surface area contributed by atoms with Crippen LogP contribution in [0.15, 0.2) is 55.3 Å². The van der Waals surface area contributed by atoms with Crippen molar-refractivity contribution in [1.82, 2.24) is 25.0 Å². The molecule has 3 aromatic rings. The maximum atomic E-state index is 13.3. The number of carbonyl (C=O) groups excluding carboxylic acids is 3. The van der Waals surface area contributed by atoms with E-state index in [1.54, 1.807) is 40.0 Å². The first kappa shape index (κ1) is 21.2. The molecule has 9 heteroatoms. The molecule has 2 N–H and O–H groups in total. The smallest absolute Gasteiger partial charge is 0.278 e. The minimum Gasteiger partial charge on any atom is -0.357 e. The molecule has 3 amide bonds. The average Bonchev–Trinajstić information content (AvgIpc) is 3.43. The lowest BCUT2D eigenvalue weighted by Gasteiger charge is -2.32. The summed E-state index contributed by atoms with van der Waals surface area (Å²) < 4.78 is 15.0. The Morgan fingerprint density at radius 3 is 2.69 bits per heavy atom. The fourth-order valence-electron chi connectivity index (χ4n) is 3.97. The summed E-state index contributed by atoms with van der Waals surface area (Å²) in [5.41, 5.74) is 2.73. The fourth-order valence-corrected chi connectivity index (χ4v) is 3.97. The number of aromatic amines is 1. The first-order valence-electron chi connectivity index (χ1n) is 10.1. The average molecular weight is 435 g/mol. The van der Waals surface area contributed by atoms with Crippen molar-refractivity contribution >= 4 is 17.7 Å². The topological polar surface area (TPSA) is 100 Å². The molecule has 0 spiro atoms. The zero-order valence-corrected chi connectivity index (χ0v) is 17.5. The molecule has 8 nitrogen and oxygen atoms in total. The first-order valence-corrected chi connectivity index (χ1v) is 10.1. The van der Waals surface area contributed by atoms with Crippen LogP contribution in [0.1, 0.15) is 50.6 Å². The van der Waals surface area contributed by atoms with Crippen LogP contribution in [-0.2, 0) is 17.9 Å². The molecular formula is C23H22FN5O3. The van der Waals surface area contributed by atoms with Gasteiger partial charge in [-0.05, 0) is 35.9 Å². The second-order valence-corrected chi connectivity index (χ2v) is 7.69. The molecule has 1 unspecified atom stereocenters. The van der Waals surface area contributed by atoms with Crippen LogP contribution in [0.4, 0.5) is 4.39 Å². The van der Waals surface area contributed by atoms with E-state index >= 15 is 0 Å². The van der Waals surface area contributed by atoms with E-state index in [0.717, 1.165) is 17.3 Å². The van der Waals surface area contributed by atoms with E-state index in [2.05, 4.69) is 22.0 Å². The van der Waals surface area contributed by atoms with Gasteiger partial charge in [0.05, 0.1) is 13.1 Å². The molecule has 0 fully saturated rings. The van der Waals surface area contributed by atoms with Crippen LogP contribution in [0.5, 0.6) is 0 Å². The molecule has 3 heterocycles. The van der Waals surface area contributed by atoms with Gasteiger partial charge in [0.15, 0.2) is 5.69 Å². The number of fused-ring (bicyclic) bond motifs is 1. The second kappa shape index (κ2) is 8.62. The number of aromatic nitrogens is 3. The zero-order chi connectivity index (χ0) is 22.8. The van der Waals surface area contributed by atoms with Gasteiger partial charge in [0.2, 0.25) is 5.91 Å². The Morgan fingerprint density at radius 1 is 1.28 bits per heavy atom. The Hall–Kier alpha value is -4.01. The monoisotopic (exact) mass is 435 g/mol. The Balaban J connectivity index is 1.72. The van der Waals surface area contributed by atoms with Crippen molar-refractivity contribution in [3.8, 4) is 0 Å². The highest BCUT2D eigenvalue weighted by Gasteiger charge is 2.34. The minimum absolute atomic E-state index is 0.0770. The van der Waals surface area contributed by atoms with Gasteiger partial charge < -0.3 is 9.88 Å². The molecule has 1 aliphatic rings. The van der Waals surface area contributed by atoms with Gasteiger partial charge in [-0.15, -0.1) is 0 Å². The van der Waals surface area contributed by atoms with Crippen molar-refractivity contribution in [3.05, 3.63) is 89.3 Å². The summed E-state index contributed by atoms with van der Waals surface area (Å²) in [4.78, 5) is 42.0. The zero-order valence-electron chi connectivity index (χ0n) is 17.5. The highest BCUT2D eigenvalue weighted by Crippen LogP contribution is 2.32.